The molecule has 0 atom stereocenters. The van der Waals surface area contributed by atoms with Crippen LogP contribution in [0.5, 0.6) is 5.75 Å². The summed E-state index contributed by atoms with van der Waals surface area (Å²) in [5.41, 5.74) is 1.13. The molecular formula is C10H11BO3. The van der Waals surface area contributed by atoms with Gasteiger partial charge in [0, 0.05) is 11.0 Å². The van der Waals surface area contributed by atoms with Gasteiger partial charge in [0.1, 0.15) is 5.75 Å². The first-order valence-corrected chi connectivity index (χ1v) is 4.16. The second-order valence-electron chi connectivity index (χ2n) is 2.71. The van der Waals surface area contributed by atoms with Crippen LogP contribution in [0, 0.1) is 11.8 Å². The van der Waals surface area contributed by atoms with Crippen LogP contribution >= 0.6 is 0 Å². The fourth-order valence-electron chi connectivity index (χ4n) is 1.15. The minimum Gasteiger partial charge on any atom is -0.497 e. The van der Waals surface area contributed by atoms with E-state index in [1.165, 1.54) is 7.11 Å². The van der Waals surface area contributed by atoms with E-state index in [0.717, 1.165) is 5.56 Å². The summed E-state index contributed by atoms with van der Waals surface area (Å²) in [6.07, 6.45) is 0. The third kappa shape index (κ3) is 2.29. The fourth-order valence-corrected chi connectivity index (χ4v) is 1.15. The van der Waals surface area contributed by atoms with Crippen LogP contribution in [0.1, 0.15) is 12.5 Å². The summed E-state index contributed by atoms with van der Waals surface area (Å²) in [4.78, 5) is 0. The molecule has 3 nitrogen and oxygen atoms in total. The zero-order valence-electron chi connectivity index (χ0n) is 8.11. The van der Waals surface area contributed by atoms with Crippen LogP contribution in [-0.4, -0.2) is 24.3 Å². The summed E-state index contributed by atoms with van der Waals surface area (Å²) in [6.45, 7) is 1.74. The topological polar surface area (TPSA) is 49.7 Å². The zero-order chi connectivity index (χ0) is 10.6. The van der Waals surface area contributed by atoms with Crippen molar-refractivity contribution in [2.75, 3.05) is 7.11 Å². The smallest absolute Gasteiger partial charge is 0.492 e. The lowest BCUT2D eigenvalue weighted by molar-refractivity contribution is 0.403. The summed E-state index contributed by atoms with van der Waals surface area (Å²) in [5.74, 6) is 6.04. The molecule has 0 aliphatic carbocycles. The molecule has 4 heteroatoms. The lowest BCUT2D eigenvalue weighted by Crippen LogP contribution is -2.31. The Morgan fingerprint density at radius 3 is 2.57 bits per heavy atom. The molecule has 0 saturated heterocycles. The Kier molecular flexibility index (Phi) is 3.58. The highest BCUT2D eigenvalue weighted by molar-refractivity contribution is 6.59. The predicted molar refractivity (Wildman–Crippen MR) is 55.4 cm³/mol. The van der Waals surface area contributed by atoms with E-state index in [0.29, 0.717) is 11.2 Å². The van der Waals surface area contributed by atoms with Crippen molar-refractivity contribution < 1.29 is 14.8 Å². The van der Waals surface area contributed by atoms with Crippen LogP contribution in [-0.2, 0) is 0 Å². The van der Waals surface area contributed by atoms with Crippen molar-refractivity contribution >= 4 is 12.6 Å². The molecule has 1 aromatic rings. The van der Waals surface area contributed by atoms with Crippen LogP contribution < -0.4 is 10.2 Å². The molecule has 0 amide bonds. The number of hydrogen-bond donors (Lipinski definition) is 2. The normalized spacial score (nSPS) is 8.86. The maximum atomic E-state index is 9.00. The summed E-state index contributed by atoms with van der Waals surface area (Å²) in [6, 6.07) is 4.97. The van der Waals surface area contributed by atoms with E-state index < -0.39 is 7.12 Å². The highest BCUT2D eigenvalue weighted by atomic mass is 16.5. The van der Waals surface area contributed by atoms with E-state index in [1.807, 2.05) is 0 Å². The number of benzene rings is 1. The first kappa shape index (κ1) is 10.6. The lowest BCUT2D eigenvalue weighted by atomic mass is 9.79. The highest BCUT2D eigenvalue weighted by Gasteiger charge is 2.16. The standard InChI is InChI=1S/C10H11BO3/c1-3-4-8-5-6-9(11(12)13)10(7-8)14-2/h5-7,12-13H,1-2H3. The molecule has 0 bridgehead atoms. The van der Waals surface area contributed by atoms with Crippen molar-refractivity contribution in [1.29, 1.82) is 0 Å². The van der Waals surface area contributed by atoms with E-state index in [9.17, 15) is 0 Å². The quantitative estimate of drug-likeness (QED) is 0.499. The molecule has 2 N–H and O–H groups in total. The van der Waals surface area contributed by atoms with Crippen molar-refractivity contribution in [3.63, 3.8) is 0 Å². The van der Waals surface area contributed by atoms with Crippen LogP contribution in [0.3, 0.4) is 0 Å². The summed E-state index contributed by atoms with van der Waals surface area (Å²) in [7, 11) is -0.0433. The van der Waals surface area contributed by atoms with Gasteiger partial charge in [-0.05, 0) is 19.1 Å². The Morgan fingerprint density at radius 2 is 2.07 bits per heavy atom. The maximum absolute atomic E-state index is 9.00. The molecule has 0 aliphatic heterocycles. The van der Waals surface area contributed by atoms with Crippen molar-refractivity contribution in [3.05, 3.63) is 23.8 Å². The molecule has 0 radical (unpaired) electrons. The third-order valence-corrected chi connectivity index (χ3v) is 1.78. The van der Waals surface area contributed by atoms with Crippen molar-refractivity contribution in [1.82, 2.24) is 0 Å². The van der Waals surface area contributed by atoms with Crippen molar-refractivity contribution in [2.45, 2.75) is 6.92 Å². The van der Waals surface area contributed by atoms with E-state index in [-0.39, 0.29) is 0 Å². The minimum atomic E-state index is -1.52. The van der Waals surface area contributed by atoms with E-state index in [2.05, 4.69) is 11.8 Å². The molecule has 0 heterocycles. The van der Waals surface area contributed by atoms with E-state index in [4.69, 9.17) is 14.8 Å². The molecule has 0 unspecified atom stereocenters. The molecule has 1 aromatic carbocycles. The SMILES string of the molecule is CC#Cc1ccc(B(O)O)c(OC)c1. The zero-order valence-corrected chi connectivity index (χ0v) is 8.11. The average molecular weight is 190 g/mol. The second-order valence-corrected chi connectivity index (χ2v) is 2.71. The summed E-state index contributed by atoms with van der Waals surface area (Å²) < 4.78 is 5.01. The van der Waals surface area contributed by atoms with Crippen molar-refractivity contribution in [3.8, 4) is 17.6 Å². The second kappa shape index (κ2) is 4.70. The maximum Gasteiger partial charge on any atom is 0.492 e. The highest BCUT2D eigenvalue weighted by Crippen LogP contribution is 2.10. The van der Waals surface area contributed by atoms with Gasteiger partial charge in [0.05, 0.1) is 7.11 Å². The van der Waals surface area contributed by atoms with Gasteiger partial charge in [-0.15, -0.1) is 5.92 Å². The number of hydrogen-bond acceptors (Lipinski definition) is 3. The Bertz CT molecular complexity index is 377. The Labute approximate surface area is 83.5 Å². The predicted octanol–water partition coefficient (Wildman–Crippen LogP) is -0.254. The van der Waals surface area contributed by atoms with Gasteiger partial charge in [0.2, 0.25) is 0 Å². The molecule has 0 fully saturated rings. The van der Waals surface area contributed by atoms with E-state index >= 15 is 0 Å². The van der Waals surface area contributed by atoms with Crippen LogP contribution in [0.15, 0.2) is 18.2 Å². The van der Waals surface area contributed by atoms with Gasteiger partial charge in [-0.25, -0.2) is 0 Å². The Balaban J connectivity index is 3.15. The first-order chi connectivity index (χ1) is 6.69. The minimum absolute atomic E-state index is 0.342. The Hall–Kier alpha value is -1.44. The first-order valence-electron chi connectivity index (χ1n) is 4.16. The largest absolute Gasteiger partial charge is 0.497 e. The third-order valence-electron chi connectivity index (χ3n) is 1.78. The van der Waals surface area contributed by atoms with Gasteiger partial charge in [-0.2, -0.15) is 0 Å². The van der Waals surface area contributed by atoms with Crippen LogP contribution in [0.4, 0.5) is 0 Å². The molecule has 14 heavy (non-hydrogen) atoms. The molecule has 0 saturated carbocycles. The van der Waals surface area contributed by atoms with Gasteiger partial charge in [-0.1, -0.05) is 12.0 Å². The van der Waals surface area contributed by atoms with Gasteiger partial charge in [0.25, 0.3) is 0 Å². The number of rotatable bonds is 2. The monoisotopic (exact) mass is 190 g/mol. The average Bonchev–Trinajstić information content (AvgIpc) is 2.17. The fraction of sp³-hybridized carbons (Fsp3) is 0.200. The number of ether oxygens (including phenoxy) is 1. The van der Waals surface area contributed by atoms with Gasteiger partial charge in [0.15, 0.2) is 0 Å². The molecule has 72 valence electrons. The van der Waals surface area contributed by atoms with Gasteiger partial charge < -0.3 is 14.8 Å². The van der Waals surface area contributed by atoms with Crippen LogP contribution in [0.2, 0.25) is 0 Å². The molecule has 0 spiro atoms. The molecule has 0 aliphatic rings. The van der Waals surface area contributed by atoms with Gasteiger partial charge in [-0.3, -0.25) is 0 Å². The molecular weight excluding hydrogens is 179 g/mol. The van der Waals surface area contributed by atoms with Gasteiger partial charge >= 0.3 is 7.12 Å². The van der Waals surface area contributed by atoms with Crippen molar-refractivity contribution in [2.24, 2.45) is 0 Å². The summed E-state index contributed by atoms with van der Waals surface area (Å²) >= 11 is 0. The summed E-state index contributed by atoms with van der Waals surface area (Å²) in [5, 5.41) is 18.0. The molecule has 1 rings (SSSR count). The Morgan fingerprint density at radius 1 is 1.36 bits per heavy atom. The molecule has 0 aromatic heterocycles. The van der Waals surface area contributed by atoms with Crippen LogP contribution in [0.25, 0.3) is 0 Å². The van der Waals surface area contributed by atoms with E-state index in [1.54, 1.807) is 25.1 Å². The number of methoxy groups -OCH3 is 1. The lowest BCUT2D eigenvalue weighted by Gasteiger charge is -2.07.